The smallest absolute Gasteiger partial charge is 0.267 e. The van der Waals surface area contributed by atoms with Crippen LogP contribution in [0.15, 0.2) is 52.4 Å². The molecule has 35 heavy (non-hydrogen) atoms. The van der Waals surface area contributed by atoms with Crippen molar-refractivity contribution < 1.29 is 9.53 Å². The zero-order valence-electron chi connectivity index (χ0n) is 20.2. The number of amides is 1. The molecular weight excluding hydrogens is 462 g/mol. The first-order valence-electron chi connectivity index (χ1n) is 12.0. The van der Waals surface area contributed by atoms with Gasteiger partial charge in [0.1, 0.15) is 5.75 Å². The molecule has 5 rings (SSSR count). The molecule has 182 valence electrons. The number of carbonyl (C=O) groups excluding carboxylic acids is 1. The third-order valence-corrected chi connectivity index (χ3v) is 7.55. The van der Waals surface area contributed by atoms with E-state index in [0.29, 0.717) is 33.3 Å². The van der Waals surface area contributed by atoms with Gasteiger partial charge in [0.15, 0.2) is 5.16 Å². The summed E-state index contributed by atoms with van der Waals surface area (Å²) in [5.41, 5.74) is 2.10. The average molecular weight is 492 g/mol. The van der Waals surface area contributed by atoms with Gasteiger partial charge < -0.3 is 9.64 Å². The van der Waals surface area contributed by atoms with Crippen molar-refractivity contribution in [2.45, 2.75) is 49.9 Å². The lowest BCUT2D eigenvalue weighted by Gasteiger charge is -2.23. The summed E-state index contributed by atoms with van der Waals surface area (Å²) >= 11 is 1.38. The first-order chi connectivity index (χ1) is 17.0. The van der Waals surface area contributed by atoms with Crippen molar-refractivity contribution in [2.24, 2.45) is 0 Å². The largest absolute Gasteiger partial charge is 0.495 e. The summed E-state index contributed by atoms with van der Waals surface area (Å²) in [6.07, 6.45) is 4.44. The van der Waals surface area contributed by atoms with Gasteiger partial charge >= 0.3 is 0 Å². The maximum absolute atomic E-state index is 13.7. The summed E-state index contributed by atoms with van der Waals surface area (Å²) in [6.45, 7) is 5.49. The molecule has 4 aromatic rings. The molecule has 1 amide bonds. The number of likely N-dealkylation sites (tertiary alicyclic amines) is 1. The third kappa shape index (κ3) is 4.29. The Hall–Kier alpha value is -3.33. The van der Waals surface area contributed by atoms with Crippen LogP contribution in [0.3, 0.4) is 0 Å². The second kappa shape index (κ2) is 9.73. The van der Waals surface area contributed by atoms with Gasteiger partial charge in [-0.05, 0) is 56.5 Å². The summed E-state index contributed by atoms with van der Waals surface area (Å²) in [5.74, 6) is 1.07. The summed E-state index contributed by atoms with van der Waals surface area (Å²) in [6, 6.07) is 13.1. The van der Waals surface area contributed by atoms with Crippen molar-refractivity contribution in [2.75, 3.05) is 20.2 Å². The summed E-state index contributed by atoms with van der Waals surface area (Å²) in [5, 5.41) is 9.66. The van der Waals surface area contributed by atoms with Gasteiger partial charge in [-0.1, -0.05) is 42.8 Å². The van der Waals surface area contributed by atoms with Crippen molar-refractivity contribution in [3.05, 3.63) is 58.4 Å². The second-order valence-electron chi connectivity index (χ2n) is 8.95. The molecule has 1 fully saturated rings. The maximum Gasteiger partial charge on any atom is 0.267 e. The monoisotopic (exact) mass is 491 g/mol. The van der Waals surface area contributed by atoms with Crippen LogP contribution in [-0.2, 0) is 4.79 Å². The summed E-state index contributed by atoms with van der Waals surface area (Å²) < 4.78 is 9.00. The minimum absolute atomic E-state index is 0.117. The number of hydrogen-bond donors (Lipinski definition) is 0. The number of carbonyl (C=O) groups is 1. The molecule has 0 bridgehead atoms. The van der Waals surface area contributed by atoms with E-state index in [4.69, 9.17) is 4.74 Å². The van der Waals surface area contributed by atoms with Crippen LogP contribution in [-0.4, -0.2) is 55.4 Å². The molecule has 9 heteroatoms. The Balaban J connectivity index is 1.65. The molecule has 1 aliphatic rings. The predicted molar refractivity (Wildman–Crippen MR) is 138 cm³/mol. The number of thioether (sulfide) groups is 1. The Morgan fingerprint density at radius 3 is 2.54 bits per heavy atom. The minimum atomic E-state index is -0.326. The average Bonchev–Trinajstić information content (AvgIpc) is 3.08. The van der Waals surface area contributed by atoms with Crippen molar-refractivity contribution in [1.82, 2.24) is 24.1 Å². The van der Waals surface area contributed by atoms with Crippen LogP contribution in [0.5, 0.6) is 5.75 Å². The number of benzene rings is 2. The molecule has 1 atom stereocenters. The fourth-order valence-corrected chi connectivity index (χ4v) is 5.64. The molecule has 0 saturated carbocycles. The number of ether oxygens (including phenoxy) is 1. The molecule has 0 radical (unpaired) electrons. The number of aryl methyl sites for hydroxylation is 1. The number of fused-ring (bicyclic) bond motifs is 3. The highest BCUT2D eigenvalue weighted by Crippen LogP contribution is 2.30. The molecule has 3 heterocycles. The Labute approximate surface area is 207 Å². The molecule has 8 nitrogen and oxygen atoms in total. The zero-order valence-corrected chi connectivity index (χ0v) is 21.0. The van der Waals surface area contributed by atoms with E-state index in [1.54, 1.807) is 17.7 Å². The van der Waals surface area contributed by atoms with Gasteiger partial charge in [-0.15, -0.1) is 10.2 Å². The molecule has 1 unspecified atom stereocenters. The SMILES string of the molecule is COc1ccc(C)cc1-n1c(=O)c2ccccc2n2c(SC(C)C(=O)N3CCCCCC3)nnc12. The topological polar surface area (TPSA) is 81.7 Å². The lowest BCUT2D eigenvalue weighted by Crippen LogP contribution is -2.37. The molecule has 2 aromatic heterocycles. The standard InChI is InChI=1S/C26H29N5O3S/c1-17-12-13-22(34-3)21(16-17)30-24(33)19-10-6-7-11-20(19)31-25(30)27-28-26(31)35-18(2)23(32)29-14-8-4-5-9-15-29/h6-7,10-13,16,18H,4-5,8-9,14-15H2,1-3H3. The Morgan fingerprint density at radius 1 is 1.06 bits per heavy atom. The third-order valence-electron chi connectivity index (χ3n) is 6.52. The molecule has 1 saturated heterocycles. The first-order valence-corrected chi connectivity index (χ1v) is 12.9. The van der Waals surface area contributed by atoms with Crippen LogP contribution in [0.4, 0.5) is 0 Å². The van der Waals surface area contributed by atoms with Gasteiger partial charge in [-0.25, -0.2) is 4.57 Å². The fourth-order valence-electron chi connectivity index (χ4n) is 4.70. The van der Waals surface area contributed by atoms with Gasteiger partial charge in [0.25, 0.3) is 5.56 Å². The fraction of sp³-hybridized carbons (Fsp3) is 0.385. The Morgan fingerprint density at radius 2 is 1.80 bits per heavy atom. The van der Waals surface area contributed by atoms with Crippen LogP contribution in [0.2, 0.25) is 0 Å². The molecular formula is C26H29N5O3S. The van der Waals surface area contributed by atoms with Gasteiger partial charge in [-0.3, -0.25) is 14.0 Å². The predicted octanol–water partition coefficient (Wildman–Crippen LogP) is 4.23. The van der Waals surface area contributed by atoms with Crippen LogP contribution in [0.1, 0.15) is 38.2 Å². The first kappa shape index (κ1) is 23.4. The lowest BCUT2D eigenvalue weighted by atomic mass is 10.2. The molecule has 0 aliphatic carbocycles. The van der Waals surface area contributed by atoms with E-state index in [-0.39, 0.29) is 16.7 Å². The summed E-state index contributed by atoms with van der Waals surface area (Å²) in [7, 11) is 1.58. The Bertz CT molecular complexity index is 1450. The van der Waals surface area contributed by atoms with Crippen LogP contribution >= 0.6 is 11.8 Å². The number of nitrogens with zero attached hydrogens (tertiary/aromatic N) is 5. The van der Waals surface area contributed by atoms with E-state index in [0.717, 1.165) is 31.5 Å². The lowest BCUT2D eigenvalue weighted by molar-refractivity contribution is -0.130. The maximum atomic E-state index is 13.7. The van der Waals surface area contributed by atoms with Gasteiger partial charge in [-0.2, -0.15) is 0 Å². The summed E-state index contributed by atoms with van der Waals surface area (Å²) in [4.78, 5) is 28.8. The van der Waals surface area contributed by atoms with Crippen LogP contribution in [0, 0.1) is 6.92 Å². The highest BCUT2D eigenvalue weighted by Gasteiger charge is 2.26. The number of methoxy groups -OCH3 is 1. The molecule has 2 aromatic carbocycles. The number of rotatable bonds is 5. The zero-order chi connectivity index (χ0) is 24.5. The van der Waals surface area contributed by atoms with E-state index < -0.39 is 0 Å². The molecule has 1 aliphatic heterocycles. The van der Waals surface area contributed by atoms with Gasteiger partial charge in [0.05, 0.1) is 29.0 Å². The second-order valence-corrected chi connectivity index (χ2v) is 10.3. The molecule has 0 spiro atoms. The van der Waals surface area contributed by atoms with Crippen LogP contribution < -0.4 is 10.3 Å². The van der Waals surface area contributed by atoms with E-state index in [1.807, 2.05) is 59.5 Å². The van der Waals surface area contributed by atoms with Crippen molar-refractivity contribution in [1.29, 1.82) is 0 Å². The highest BCUT2D eigenvalue weighted by molar-refractivity contribution is 8.00. The van der Waals surface area contributed by atoms with Gasteiger partial charge in [0, 0.05) is 13.1 Å². The number of aromatic nitrogens is 4. The number of hydrogen-bond acceptors (Lipinski definition) is 6. The normalized spacial score (nSPS) is 15.3. The van der Waals surface area contributed by atoms with E-state index >= 15 is 0 Å². The molecule has 0 N–H and O–H groups in total. The van der Waals surface area contributed by atoms with Crippen molar-refractivity contribution in [3.63, 3.8) is 0 Å². The van der Waals surface area contributed by atoms with E-state index in [1.165, 1.54) is 24.6 Å². The quantitative estimate of drug-likeness (QED) is 0.389. The highest BCUT2D eigenvalue weighted by atomic mass is 32.2. The van der Waals surface area contributed by atoms with E-state index in [2.05, 4.69) is 10.2 Å². The number of para-hydroxylation sites is 1. The van der Waals surface area contributed by atoms with Gasteiger partial charge in [0.2, 0.25) is 11.7 Å². The van der Waals surface area contributed by atoms with Crippen LogP contribution in [0.25, 0.3) is 22.4 Å². The van der Waals surface area contributed by atoms with E-state index in [9.17, 15) is 9.59 Å². The Kier molecular flexibility index (Phi) is 6.51. The van der Waals surface area contributed by atoms with Crippen molar-refractivity contribution in [3.8, 4) is 11.4 Å². The van der Waals surface area contributed by atoms with Crippen molar-refractivity contribution >= 4 is 34.3 Å². The minimum Gasteiger partial charge on any atom is -0.495 e.